The van der Waals surface area contributed by atoms with Gasteiger partial charge in [0.2, 0.25) is 0 Å². The van der Waals surface area contributed by atoms with E-state index in [9.17, 15) is 67.1 Å². The Morgan fingerprint density at radius 3 is 1.46 bits per heavy atom. The predicted molar refractivity (Wildman–Crippen MR) is 258 cm³/mol. The number of benzene rings is 5. The van der Waals surface area contributed by atoms with Crippen molar-refractivity contribution in [3.8, 4) is 35.4 Å². The average molecular weight is 1220 g/mol. The van der Waals surface area contributed by atoms with Crippen LogP contribution in [0.15, 0.2) is 96.2 Å². The third-order valence-electron chi connectivity index (χ3n) is 10.0. The third-order valence-corrected chi connectivity index (χ3v) is 10.0. The van der Waals surface area contributed by atoms with E-state index in [1.807, 2.05) is 0 Å². The van der Waals surface area contributed by atoms with E-state index in [-0.39, 0.29) is 54.2 Å². The van der Waals surface area contributed by atoms with Gasteiger partial charge in [-0.2, -0.15) is 36.9 Å². The van der Waals surface area contributed by atoms with E-state index in [1.165, 1.54) is 43.4 Å². The Morgan fingerprint density at radius 1 is 0.608 bits per heavy atom. The molecule has 400 valence electrons. The van der Waals surface area contributed by atoms with Crippen molar-refractivity contribution >= 4 is 71.2 Å². The van der Waals surface area contributed by atoms with Gasteiger partial charge in [-0.05, 0) is 70.3 Å². The standard InChI is InChI=1S/C25H7F7N4.C16H7F3N2O.C10H5F3N2.4ClH.FH.Ti/c1-35-18(11-34)13-5-8-15(16(9-13)12-3-6-14(7-4-12)25(30,31)32)17(10-33)19-20(26)22(28)24(36-2)23(29)21(19)27;1-21-14(9-20)11-4-7-15(22)13(8-11)10-2-5-12(6-3-10)16(17,18)19;1-5-6(3-4-14)8(12)9(13)10(15-2)7(5)11;;;;;;/h3-9H;2-8H;3H2,1H3;5*1H;/q;;;;;;;;+4/p-4/b17-15+,18-13+;14-11+;;;;;;;. The number of hydrogen-bond acceptors (Lipinski definition) is 5. The summed E-state index contributed by atoms with van der Waals surface area (Å²) in [6.45, 7) is 28.4. The molecule has 0 N–H and O–H groups in total. The van der Waals surface area contributed by atoms with E-state index < -0.39 is 117 Å². The van der Waals surface area contributed by atoms with Crippen LogP contribution >= 0.6 is 37.2 Å². The quantitative estimate of drug-likeness (QED) is 0.0582. The van der Waals surface area contributed by atoms with Gasteiger partial charge in [0.05, 0.1) is 73.2 Å². The number of allylic oxidation sites excluding steroid dienone is 6. The molecule has 1 aliphatic rings. The molecule has 0 fully saturated rings. The fourth-order valence-electron chi connectivity index (χ4n) is 6.42. The molecule has 0 saturated heterocycles. The second-order valence-electron chi connectivity index (χ2n) is 14.6. The number of hydrogen-bond donors (Lipinski definition) is 0. The zero-order valence-corrected chi connectivity index (χ0v) is 43.2. The van der Waals surface area contributed by atoms with Gasteiger partial charge in [0.1, 0.15) is 11.9 Å². The monoisotopic (exact) mass is 1210 g/mol. The summed E-state index contributed by atoms with van der Waals surface area (Å²) in [6, 6.07) is 17.1. The van der Waals surface area contributed by atoms with E-state index in [2.05, 4.69) is 19.4 Å². The molecular formula is C51H20Cl4F14N8OTi. The molecule has 0 bridgehead atoms. The first-order chi connectivity index (χ1) is 36.4. The van der Waals surface area contributed by atoms with Crippen molar-refractivity contribution < 1.29 is 78.9 Å². The molecule has 9 nitrogen and oxygen atoms in total. The van der Waals surface area contributed by atoms with Gasteiger partial charge in [-0.15, -0.1) is 0 Å². The van der Waals surface area contributed by atoms with Gasteiger partial charge in [-0.3, -0.25) is 9.50 Å². The van der Waals surface area contributed by atoms with Crippen LogP contribution in [0.3, 0.4) is 0 Å². The molecule has 28 heteroatoms. The van der Waals surface area contributed by atoms with E-state index in [0.717, 1.165) is 42.5 Å². The van der Waals surface area contributed by atoms with Gasteiger partial charge >= 0.3 is 61.9 Å². The van der Waals surface area contributed by atoms with E-state index in [1.54, 1.807) is 18.2 Å². The molecule has 0 heterocycles. The van der Waals surface area contributed by atoms with Crippen LogP contribution in [0.2, 0.25) is 0 Å². The molecule has 0 spiro atoms. The van der Waals surface area contributed by atoms with Crippen LogP contribution in [0.25, 0.3) is 47.4 Å². The normalized spacial score (nSPS) is 12.9. The van der Waals surface area contributed by atoms with Crippen molar-refractivity contribution in [3.05, 3.63) is 226 Å². The molecular weight excluding hydrogens is 1200 g/mol. The molecule has 0 radical (unpaired) electrons. The molecule has 5 aromatic carbocycles. The van der Waals surface area contributed by atoms with Gasteiger partial charge in [-0.25, -0.2) is 60.6 Å². The second kappa shape index (κ2) is 28.3. The minimum atomic E-state index is -4.69. The first-order valence-corrected chi connectivity index (χ1v) is 28.8. The predicted octanol–water partition coefficient (Wildman–Crippen LogP) is 15.6. The van der Waals surface area contributed by atoms with Crippen LogP contribution in [0.4, 0.5) is 73.2 Å². The first kappa shape index (κ1) is 66.7. The number of nitriles is 4. The van der Waals surface area contributed by atoms with Gasteiger partial charge < -0.3 is 0 Å². The average Bonchev–Trinajstić information content (AvgIpc) is 3.44. The summed E-state index contributed by atoms with van der Waals surface area (Å²) in [7, 11) is 20.1. The molecule has 0 aliphatic heterocycles. The van der Waals surface area contributed by atoms with E-state index in [0.29, 0.717) is 17.7 Å². The second-order valence-corrected chi connectivity index (χ2v) is 30.1. The van der Waals surface area contributed by atoms with E-state index in [4.69, 9.17) is 79.3 Å². The van der Waals surface area contributed by atoms with Crippen LogP contribution in [0.1, 0.15) is 33.4 Å². The summed E-state index contributed by atoms with van der Waals surface area (Å²) in [5.74, 6) is -12.5. The zero-order chi connectivity index (χ0) is 59.2. The zero-order valence-electron chi connectivity index (χ0n) is 38.6. The Labute approximate surface area is 456 Å². The molecule has 0 saturated carbocycles. The number of carbonyl (C=O) groups excluding carboxylic acids is 1. The number of ketones is 1. The maximum absolute atomic E-state index is 14.7. The SMILES string of the molecule is F.[C-]#[N+]/C(C#N)=C1\C=CC(=O)C(c2ccc(C(F)(F)F)cc2)=C1.[C-]#[N+]/C(C#N)=c1\cc/c(=C(/C#N)c2c(F)c(F)c([N+]#[C-])c(F)c2F)c(-c2ccc(C(F)(F)F)cc2)c1.[C-]#[N+]c1c(F)c(C)c(CC#N)c(F)c1F.[Cl][Ti]([Cl])([Cl])[Cl]. The molecule has 1 aliphatic carbocycles. The molecule has 79 heavy (non-hydrogen) atoms. The van der Waals surface area contributed by atoms with E-state index >= 15 is 0 Å². The Morgan fingerprint density at radius 2 is 1.05 bits per heavy atom. The molecule has 0 atom stereocenters. The Balaban J connectivity index is 0.000000420. The van der Waals surface area contributed by atoms with Crippen molar-refractivity contribution in [1.82, 2.24) is 0 Å². The minimum absolute atomic E-state index is 0. The summed E-state index contributed by atoms with van der Waals surface area (Å²) in [5.41, 5.74) is -7.41. The Hall–Kier alpha value is -8.46. The fraction of sp³-hybridized carbons (Fsp3) is 0.0784. The fourth-order valence-corrected chi connectivity index (χ4v) is 6.42. The topological polar surface area (TPSA) is 130 Å². The summed E-state index contributed by atoms with van der Waals surface area (Å²) in [4.78, 5) is 22.9. The number of nitrogens with zero attached hydrogens (tertiary/aromatic N) is 8. The van der Waals surface area contributed by atoms with Gasteiger partial charge in [0, 0.05) is 16.4 Å². The Bertz CT molecular complexity index is 3740. The van der Waals surface area contributed by atoms with Crippen molar-refractivity contribution in [1.29, 1.82) is 21.0 Å². The van der Waals surface area contributed by atoms with Gasteiger partial charge in [-0.1, -0.05) is 54.6 Å². The molecule has 0 aromatic heterocycles. The molecule has 0 unspecified atom stereocenters. The summed E-state index contributed by atoms with van der Waals surface area (Å²) < 4.78 is 174. The first-order valence-electron chi connectivity index (χ1n) is 20.2. The summed E-state index contributed by atoms with van der Waals surface area (Å²) in [5, 5.41) is 35.6. The maximum atomic E-state index is 14.7. The van der Waals surface area contributed by atoms with Crippen molar-refractivity contribution in [2.45, 2.75) is 25.7 Å². The molecule has 0 amide bonds. The van der Waals surface area contributed by atoms with Crippen molar-refractivity contribution in [2.24, 2.45) is 0 Å². The number of carbonyl (C=O) groups is 1. The van der Waals surface area contributed by atoms with Crippen molar-refractivity contribution in [3.63, 3.8) is 0 Å². The number of halogens is 18. The number of rotatable bonds is 4. The molecule has 6 rings (SSSR count). The van der Waals surface area contributed by atoms with Gasteiger partial charge in [0.15, 0.2) is 40.7 Å². The van der Waals surface area contributed by atoms with Crippen LogP contribution in [-0.4, -0.2) is 5.78 Å². The van der Waals surface area contributed by atoms with Crippen LogP contribution < -0.4 is 10.4 Å². The van der Waals surface area contributed by atoms with Crippen molar-refractivity contribution in [2.75, 3.05) is 0 Å². The van der Waals surface area contributed by atoms with Crippen LogP contribution in [0, 0.1) is 119 Å². The Kier molecular flexibility index (Phi) is 23.8. The summed E-state index contributed by atoms with van der Waals surface area (Å²) >= 11 is -3.11. The number of alkyl halides is 6. The molecule has 5 aromatic rings. The summed E-state index contributed by atoms with van der Waals surface area (Å²) in [6.07, 6.45) is -5.71. The van der Waals surface area contributed by atoms with Gasteiger partial charge in [0.25, 0.3) is 22.8 Å². The van der Waals surface area contributed by atoms with Crippen LogP contribution in [-0.2, 0) is 35.9 Å². The van der Waals surface area contributed by atoms with Crippen LogP contribution in [0.5, 0.6) is 0 Å². The third kappa shape index (κ3) is 16.5.